The van der Waals surface area contributed by atoms with Gasteiger partial charge in [0, 0.05) is 4.88 Å². The Morgan fingerprint density at radius 2 is 2.10 bits per heavy atom. The van der Waals surface area contributed by atoms with Crippen molar-refractivity contribution in [2.24, 2.45) is 0 Å². The molecule has 0 aromatic carbocycles. The highest BCUT2D eigenvalue weighted by molar-refractivity contribution is 7.89. The van der Waals surface area contributed by atoms with Crippen LogP contribution in [0.1, 0.15) is 33.1 Å². The minimum atomic E-state index is -3.86. The summed E-state index contributed by atoms with van der Waals surface area (Å²) < 4.78 is 27.3. The number of hydrogen-bond acceptors (Lipinski definition) is 5. The monoisotopic (exact) mass is 331 g/mol. The zero-order valence-corrected chi connectivity index (χ0v) is 13.2. The van der Waals surface area contributed by atoms with Crippen molar-refractivity contribution in [1.82, 2.24) is 4.72 Å². The molecular weight excluding hydrogens is 318 g/mol. The van der Waals surface area contributed by atoms with Gasteiger partial charge in [-0.25, -0.2) is 17.9 Å². The lowest BCUT2D eigenvalue weighted by Gasteiger charge is -2.13. The number of rotatable bonds is 5. The molecule has 2 N–H and O–H groups in total. The highest BCUT2D eigenvalue weighted by atomic mass is 32.2. The van der Waals surface area contributed by atoms with Gasteiger partial charge in [-0.15, -0.1) is 22.7 Å². The fraction of sp³-hybridized carbons (Fsp3) is 0.250. The number of hydrogen-bond donors (Lipinski definition) is 2. The molecule has 0 saturated carbocycles. The van der Waals surface area contributed by atoms with Crippen molar-refractivity contribution in [2.45, 2.75) is 24.8 Å². The fourth-order valence-corrected chi connectivity index (χ4v) is 5.47. The Morgan fingerprint density at radius 1 is 1.40 bits per heavy atom. The minimum Gasteiger partial charge on any atom is -0.477 e. The van der Waals surface area contributed by atoms with Gasteiger partial charge in [0.15, 0.2) is 0 Å². The average molecular weight is 331 g/mol. The molecule has 2 aromatic heterocycles. The molecule has 5 nitrogen and oxygen atoms in total. The summed E-state index contributed by atoms with van der Waals surface area (Å²) in [6, 6.07) is 3.26. The van der Waals surface area contributed by atoms with Crippen LogP contribution in [0.25, 0.3) is 0 Å². The molecule has 8 heteroatoms. The maximum atomic E-state index is 12.4. The second-order valence-corrected chi connectivity index (χ2v) is 7.75. The molecule has 0 saturated heterocycles. The molecule has 0 bridgehead atoms. The summed E-state index contributed by atoms with van der Waals surface area (Å²) in [5.41, 5.74) is 0.443. The molecule has 0 unspecified atom stereocenters. The van der Waals surface area contributed by atoms with Crippen molar-refractivity contribution in [1.29, 1.82) is 0 Å². The summed E-state index contributed by atoms with van der Waals surface area (Å²) in [7, 11) is -3.86. The van der Waals surface area contributed by atoms with Crippen molar-refractivity contribution in [3.63, 3.8) is 0 Å². The standard InChI is InChI=1S/C12H13NO4S3/c1-7-6-19-10(12(14)15)11(7)20(16,17)13-8(2)9-4-3-5-18-9/h3-6,8,13H,1-2H3,(H,14,15)/t8-/m1/s1. The van der Waals surface area contributed by atoms with E-state index >= 15 is 0 Å². The zero-order valence-electron chi connectivity index (χ0n) is 10.8. The van der Waals surface area contributed by atoms with Crippen LogP contribution in [-0.2, 0) is 10.0 Å². The van der Waals surface area contributed by atoms with Gasteiger partial charge in [0.25, 0.3) is 0 Å². The van der Waals surface area contributed by atoms with Gasteiger partial charge >= 0.3 is 5.97 Å². The first-order valence-corrected chi connectivity index (χ1v) is 8.94. The number of aromatic carboxylic acids is 1. The van der Waals surface area contributed by atoms with E-state index in [0.717, 1.165) is 16.2 Å². The van der Waals surface area contributed by atoms with Crippen LogP contribution in [0.4, 0.5) is 0 Å². The molecule has 2 heterocycles. The highest BCUT2D eigenvalue weighted by Crippen LogP contribution is 2.28. The first kappa shape index (κ1) is 15.2. The van der Waals surface area contributed by atoms with Crippen molar-refractivity contribution in [2.75, 3.05) is 0 Å². The summed E-state index contributed by atoms with van der Waals surface area (Å²) in [4.78, 5) is 11.7. The number of carboxylic acids is 1. The van der Waals surface area contributed by atoms with Crippen LogP contribution >= 0.6 is 22.7 Å². The molecule has 20 heavy (non-hydrogen) atoms. The van der Waals surface area contributed by atoms with Gasteiger partial charge in [-0.1, -0.05) is 6.07 Å². The van der Waals surface area contributed by atoms with Crippen molar-refractivity contribution in [3.8, 4) is 0 Å². The lowest BCUT2D eigenvalue weighted by atomic mass is 10.3. The predicted octanol–water partition coefficient (Wildman–Crippen LogP) is 2.86. The molecule has 2 aromatic rings. The number of aryl methyl sites for hydroxylation is 1. The van der Waals surface area contributed by atoms with E-state index in [2.05, 4.69) is 4.72 Å². The molecule has 0 aliphatic rings. The first-order chi connectivity index (χ1) is 9.33. The van der Waals surface area contributed by atoms with E-state index in [1.807, 2.05) is 17.5 Å². The molecule has 1 atom stereocenters. The largest absolute Gasteiger partial charge is 0.477 e. The second kappa shape index (κ2) is 5.65. The average Bonchev–Trinajstić information content (AvgIpc) is 2.96. The third-order valence-corrected chi connectivity index (χ3v) is 6.68. The summed E-state index contributed by atoms with van der Waals surface area (Å²) in [5, 5.41) is 12.5. The Morgan fingerprint density at radius 3 is 2.65 bits per heavy atom. The normalized spacial score (nSPS) is 13.3. The predicted molar refractivity (Wildman–Crippen MR) is 79.1 cm³/mol. The van der Waals surface area contributed by atoms with Crippen LogP contribution in [0, 0.1) is 6.92 Å². The Bertz CT molecular complexity index is 716. The number of carbonyl (C=O) groups is 1. The summed E-state index contributed by atoms with van der Waals surface area (Å²) in [6.45, 7) is 3.32. The van der Waals surface area contributed by atoms with Crippen molar-refractivity contribution >= 4 is 38.7 Å². The van der Waals surface area contributed by atoms with Crippen LogP contribution in [0.5, 0.6) is 0 Å². The SMILES string of the molecule is Cc1csc(C(=O)O)c1S(=O)(=O)N[C@H](C)c1cccs1. The number of carboxylic acid groups (broad SMARTS) is 1. The lowest BCUT2D eigenvalue weighted by molar-refractivity contribution is 0.0698. The molecule has 0 fully saturated rings. The molecule has 108 valence electrons. The topological polar surface area (TPSA) is 83.5 Å². The van der Waals surface area contributed by atoms with Crippen molar-refractivity contribution in [3.05, 3.63) is 38.2 Å². The van der Waals surface area contributed by atoms with E-state index in [0.29, 0.717) is 5.56 Å². The molecular formula is C12H13NO4S3. The van der Waals surface area contributed by atoms with Gasteiger partial charge in [-0.3, -0.25) is 0 Å². The smallest absolute Gasteiger partial charge is 0.347 e. The molecule has 0 amide bonds. The number of nitrogens with one attached hydrogen (secondary N) is 1. The zero-order chi connectivity index (χ0) is 14.9. The van der Waals surface area contributed by atoms with Crippen LogP contribution < -0.4 is 4.72 Å². The van der Waals surface area contributed by atoms with E-state index in [9.17, 15) is 13.2 Å². The Kier molecular flexibility index (Phi) is 4.28. The maximum Gasteiger partial charge on any atom is 0.347 e. The highest BCUT2D eigenvalue weighted by Gasteiger charge is 2.28. The molecule has 2 rings (SSSR count). The third-order valence-electron chi connectivity index (χ3n) is 2.68. The van der Waals surface area contributed by atoms with Crippen LogP contribution in [0.3, 0.4) is 0 Å². The molecule has 0 spiro atoms. The van der Waals surface area contributed by atoms with E-state index in [1.54, 1.807) is 13.8 Å². The second-order valence-electron chi connectivity index (χ2n) is 4.24. The maximum absolute atomic E-state index is 12.4. The molecule has 0 radical (unpaired) electrons. The minimum absolute atomic E-state index is 0.140. The Labute approximate surface area is 124 Å². The fourth-order valence-electron chi connectivity index (χ4n) is 1.80. The van der Waals surface area contributed by atoms with Gasteiger partial charge in [0.2, 0.25) is 10.0 Å². The van der Waals surface area contributed by atoms with Crippen LogP contribution in [-0.4, -0.2) is 19.5 Å². The summed E-state index contributed by atoms with van der Waals surface area (Å²) in [6.07, 6.45) is 0. The van der Waals surface area contributed by atoms with E-state index in [1.165, 1.54) is 16.7 Å². The van der Waals surface area contributed by atoms with Gasteiger partial charge < -0.3 is 5.11 Å². The summed E-state index contributed by atoms with van der Waals surface area (Å²) >= 11 is 2.36. The number of sulfonamides is 1. The van der Waals surface area contributed by atoms with Crippen LogP contribution in [0.2, 0.25) is 0 Å². The van der Waals surface area contributed by atoms with Gasteiger partial charge in [-0.05, 0) is 36.2 Å². The van der Waals surface area contributed by atoms with E-state index in [4.69, 9.17) is 5.11 Å². The Hall–Kier alpha value is -1.22. The van der Waals surface area contributed by atoms with E-state index < -0.39 is 22.0 Å². The molecule has 0 aliphatic heterocycles. The number of thiophene rings is 2. The van der Waals surface area contributed by atoms with Gasteiger partial charge in [-0.2, -0.15) is 0 Å². The lowest BCUT2D eigenvalue weighted by Crippen LogP contribution is -2.27. The first-order valence-electron chi connectivity index (χ1n) is 5.70. The quantitative estimate of drug-likeness (QED) is 0.882. The van der Waals surface area contributed by atoms with Crippen molar-refractivity contribution < 1.29 is 18.3 Å². The van der Waals surface area contributed by atoms with Gasteiger partial charge in [0.05, 0.1) is 6.04 Å². The Balaban J connectivity index is 2.36. The summed E-state index contributed by atoms with van der Waals surface area (Å²) in [5.74, 6) is -1.23. The van der Waals surface area contributed by atoms with E-state index in [-0.39, 0.29) is 9.77 Å². The van der Waals surface area contributed by atoms with Gasteiger partial charge in [0.1, 0.15) is 9.77 Å². The molecule has 0 aliphatic carbocycles. The van der Waals surface area contributed by atoms with Crippen LogP contribution in [0.15, 0.2) is 27.8 Å². The third kappa shape index (κ3) is 2.93.